The number of aliphatic hydroxyl groups excluding tert-OH is 1. The minimum atomic E-state index is -0.451. The largest absolute Gasteiger partial charge is 0.502 e. The predicted molar refractivity (Wildman–Crippen MR) is 116 cm³/mol. The summed E-state index contributed by atoms with van der Waals surface area (Å²) in [5, 5.41) is 14.5. The number of aromatic nitrogens is 1. The Bertz CT molecular complexity index is 1090. The topological polar surface area (TPSA) is 36.1 Å². The quantitative estimate of drug-likeness (QED) is 0.227. The Labute approximate surface area is 177 Å². The number of pyridine rings is 1. The molecule has 0 bridgehead atoms. The highest BCUT2D eigenvalue weighted by Crippen LogP contribution is 2.27. The molecule has 2 aromatic carbocycles. The van der Waals surface area contributed by atoms with Crippen molar-refractivity contribution in [3.05, 3.63) is 94.0 Å². The molecule has 3 rings (SSSR count). The summed E-state index contributed by atoms with van der Waals surface area (Å²) in [5.41, 5.74) is 1.87. The summed E-state index contributed by atoms with van der Waals surface area (Å²) in [4.78, 5) is 0.143. The van der Waals surface area contributed by atoms with Crippen LogP contribution in [-0.4, -0.2) is 10.1 Å². The van der Waals surface area contributed by atoms with Gasteiger partial charge in [0.05, 0.1) is 15.7 Å². The molecule has 1 heterocycles. The minimum Gasteiger partial charge on any atom is -0.502 e. The van der Waals surface area contributed by atoms with Crippen molar-refractivity contribution in [2.75, 3.05) is 5.32 Å². The van der Waals surface area contributed by atoms with E-state index in [0.717, 1.165) is 5.56 Å². The summed E-state index contributed by atoms with van der Waals surface area (Å²) in [6.45, 7) is 1.91. The van der Waals surface area contributed by atoms with Gasteiger partial charge in [0.2, 0.25) is 0 Å². The fraction of sp³-hybridized carbons (Fsp3) is 0.0476. The summed E-state index contributed by atoms with van der Waals surface area (Å²) in [7, 11) is 0. The molecule has 3 aromatic rings. The summed E-state index contributed by atoms with van der Waals surface area (Å²) in [6.07, 6.45) is 3.55. The Kier molecular flexibility index (Phi) is 6.29. The van der Waals surface area contributed by atoms with Gasteiger partial charge in [-0.2, -0.15) is 4.57 Å². The number of thiocarbonyl (C=S) groups is 1. The number of aryl methyl sites for hydroxylation is 1. The lowest BCUT2D eigenvalue weighted by Crippen LogP contribution is -2.38. The van der Waals surface area contributed by atoms with Crippen molar-refractivity contribution >= 4 is 57.6 Å². The van der Waals surface area contributed by atoms with Crippen molar-refractivity contribution < 1.29 is 14.1 Å². The van der Waals surface area contributed by atoms with Crippen molar-refractivity contribution in [1.29, 1.82) is 0 Å². The third-order valence-corrected chi connectivity index (χ3v) is 5.00. The molecule has 0 aliphatic carbocycles. The first-order chi connectivity index (χ1) is 13.4. The van der Waals surface area contributed by atoms with Crippen LogP contribution in [0.4, 0.5) is 10.1 Å². The number of benzene rings is 2. The van der Waals surface area contributed by atoms with E-state index in [-0.39, 0.29) is 22.1 Å². The van der Waals surface area contributed by atoms with E-state index in [1.54, 1.807) is 53.4 Å². The van der Waals surface area contributed by atoms with Gasteiger partial charge in [-0.3, -0.25) is 0 Å². The van der Waals surface area contributed by atoms with E-state index in [2.05, 4.69) is 5.32 Å². The maximum atomic E-state index is 14.1. The zero-order chi connectivity index (χ0) is 20.3. The number of halogens is 3. The lowest BCUT2D eigenvalue weighted by atomic mass is 10.1. The number of hydrogen-bond acceptors (Lipinski definition) is 2. The van der Waals surface area contributed by atoms with Crippen LogP contribution >= 0.6 is 35.4 Å². The van der Waals surface area contributed by atoms with E-state index in [0.29, 0.717) is 15.6 Å². The third-order valence-electron chi connectivity index (χ3n) is 3.96. The molecule has 0 aliphatic heterocycles. The number of hydrogen-bond donors (Lipinski definition) is 2. The first-order valence-corrected chi connectivity index (χ1v) is 9.46. The lowest BCUT2D eigenvalue weighted by molar-refractivity contribution is -0.576. The molecule has 7 heteroatoms. The number of anilines is 1. The van der Waals surface area contributed by atoms with Crippen LogP contribution in [0.2, 0.25) is 10.0 Å². The Morgan fingerprint density at radius 1 is 1.07 bits per heavy atom. The van der Waals surface area contributed by atoms with E-state index in [9.17, 15) is 9.50 Å². The minimum absolute atomic E-state index is 0.122. The molecular weight excluding hydrogens is 418 g/mol. The predicted octanol–water partition coefficient (Wildman–Crippen LogP) is 6.05. The highest BCUT2D eigenvalue weighted by atomic mass is 35.5. The first kappa shape index (κ1) is 20.3. The molecule has 0 aliphatic rings. The van der Waals surface area contributed by atoms with Gasteiger partial charge in [0.15, 0.2) is 23.1 Å². The number of nitrogens with zero attached hydrogens (tertiary/aromatic N) is 1. The van der Waals surface area contributed by atoms with Gasteiger partial charge in [-0.05, 0) is 43.3 Å². The maximum Gasteiger partial charge on any atom is 0.288 e. The summed E-state index contributed by atoms with van der Waals surface area (Å²) >= 11 is 17.6. The Hall–Kier alpha value is -2.47. The van der Waals surface area contributed by atoms with Crippen molar-refractivity contribution in [3.8, 4) is 0 Å². The van der Waals surface area contributed by atoms with Crippen LogP contribution in [0.15, 0.2) is 67.0 Å². The number of aliphatic hydroxyl groups is 1. The molecule has 142 valence electrons. The zero-order valence-electron chi connectivity index (χ0n) is 14.8. The molecular formula is C21H16Cl2FN2OS+. The van der Waals surface area contributed by atoms with Gasteiger partial charge in [-0.1, -0.05) is 47.6 Å². The van der Waals surface area contributed by atoms with Crippen molar-refractivity contribution in [3.63, 3.8) is 0 Å². The molecule has 0 fully saturated rings. The second kappa shape index (κ2) is 8.69. The Morgan fingerprint density at radius 2 is 1.82 bits per heavy atom. The molecule has 0 unspecified atom stereocenters. The van der Waals surface area contributed by atoms with Gasteiger partial charge in [0.25, 0.3) is 5.70 Å². The van der Waals surface area contributed by atoms with Crippen LogP contribution in [0, 0.1) is 12.7 Å². The van der Waals surface area contributed by atoms with Crippen molar-refractivity contribution in [1.82, 2.24) is 0 Å². The molecule has 0 atom stereocenters. The lowest BCUT2D eigenvalue weighted by Gasteiger charge is -2.11. The highest BCUT2D eigenvalue weighted by molar-refractivity contribution is 7.81. The van der Waals surface area contributed by atoms with E-state index >= 15 is 0 Å². The van der Waals surface area contributed by atoms with Crippen LogP contribution in [0.1, 0.15) is 11.1 Å². The van der Waals surface area contributed by atoms with Gasteiger partial charge in [0, 0.05) is 17.2 Å². The Morgan fingerprint density at radius 3 is 2.50 bits per heavy atom. The van der Waals surface area contributed by atoms with Gasteiger partial charge in [0.1, 0.15) is 5.82 Å². The molecule has 0 saturated carbocycles. The molecule has 0 amide bonds. The fourth-order valence-electron chi connectivity index (χ4n) is 2.60. The van der Waals surface area contributed by atoms with Gasteiger partial charge in [-0.25, -0.2) is 4.39 Å². The number of rotatable bonds is 4. The van der Waals surface area contributed by atoms with Crippen LogP contribution in [-0.2, 0) is 0 Å². The average molecular weight is 434 g/mol. The molecule has 28 heavy (non-hydrogen) atoms. The third kappa shape index (κ3) is 4.50. The maximum absolute atomic E-state index is 14.1. The Balaban J connectivity index is 2.13. The molecule has 1 aromatic heterocycles. The summed E-state index contributed by atoms with van der Waals surface area (Å²) in [5.74, 6) is -0.574. The second-order valence-corrected chi connectivity index (χ2v) is 7.27. The van der Waals surface area contributed by atoms with E-state index < -0.39 is 5.82 Å². The van der Waals surface area contributed by atoms with Crippen molar-refractivity contribution in [2.45, 2.75) is 6.92 Å². The van der Waals surface area contributed by atoms with E-state index in [4.69, 9.17) is 35.4 Å². The zero-order valence-corrected chi connectivity index (χ0v) is 17.1. The standard InChI is InChI=1S/C21H15Cl2FN2OS/c1-13-5-4-10-26(12-13)19(20(27)14-8-9-15(22)16(23)11-14)21(28)25-18-7-3-2-6-17(18)24/h2-12H,1H3,(H-,25,27,28)/p+1. The normalized spacial score (nSPS) is 11.7. The second-order valence-electron chi connectivity index (χ2n) is 6.05. The van der Waals surface area contributed by atoms with Crippen molar-refractivity contribution in [2.24, 2.45) is 0 Å². The van der Waals surface area contributed by atoms with Crippen LogP contribution in [0.5, 0.6) is 0 Å². The van der Waals surface area contributed by atoms with E-state index in [1.165, 1.54) is 6.07 Å². The summed E-state index contributed by atoms with van der Waals surface area (Å²) in [6, 6.07) is 14.7. The average Bonchev–Trinajstić information content (AvgIpc) is 2.66. The van der Waals surface area contributed by atoms with Gasteiger partial charge >= 0.3 is 0 Å². The van der Waals surface area contributed by atoms with Crippen LogP contribution in [0.3, 0.4) is 0 Å². The van der Waals surface area contributed by atoms with Gasteiger partial charge < -0.3 is 10.4 Å². The SMILES string of the molecule is Cc1ccc[n+](C(C(=S)Nc2ccccc2F)=C(O)c2ccc(Cl)c(Cl)c2)c1. The molecule has 2 N–H and O–H groups in total. The molecule has 3 nitrogen and oxygen atoms in total. The smallest absolute Gasteiger partial charge is 0.288 e. The molecule has 0 saturated heterocycles. The van der Waals surface area contributed by atoms with Crippen LogP contribution < -0.4 is 9.88 Å². The fourth-order valence-corrected chi connectivity index (χ4v) is 3.21. The monoisotopic (exact) mass is 433 g/mol. The first-order valence-electron chi connectivity index (χ1n) is 8.29. The molecule has 0 radical (unpaired) electrons. The highest BCUT2D eigenvalue weighted by Gasteiger charge is 2.25. The van der Waals surface area contributed by atoms with E-state index in [1.807, 2.05) is 19.1 Å². The van der Waals surface area contributed by atoms with Crippen LogP contribution in [0.25, 0.3) is 11.5 Å². The number of nitrogens with one attached hydrogen (secondary N) is 1. The number of para-hydroxylation sites is 1. The summed E-state index contributed by atoms with van der Waals surface area (Å²) < 4.78 is 15.7. The molecule has 0 spiro atoms. The van der Waals surface area contributed by atoms with Gasteiger partial charge in [-0.15, -0.1) is 0 Å².